The molecule has 3 saturated carbocycles. The summed E-state index contributed by atoms with van der Waals surface area (Å²) in [6, 6.07) is 0. The van der Waals surface area contributed by atoms with Crippen molar-refractivity contribution in [2.75, 3.05) is 14.1 Å². The van der Waals surface area contributed by atoms with E-state index in [-0.39, 0.29) is 11.3 Å². The van der Waals surface area contributed by atoms with Gasteiger partial charge in [0.25, 0.3) is 5.52 Å². The quantitative estimate of drug-likeness (QED) is 0.226. The number of allylic oxidation sites excluding steroid dienone is 2. The Hall–Kier alpha value is -0.440. The van der Waals surface area contributed by atoms with Crippen LogP contribution in [-0.4, -0.2) is 19.6 Å². The second kappa shape index (κ2) is 10.0. The minimum absolute atomic E-state index is 0.187. The number of rotatable bonds is 9. The van der Waals surface area contributed by atoms with Crippen LogP contribution in [0.4, 0.5) is 0 Å². The van der Waals surface area contributed by atoms with Gasteiger partial charge in [0, 0.05) is 14.1 Å². The normalized spacial score (nSPS) is 45.1. The number of carbonyl (C=O) groups excluding carboxylic acids is 1. The Morgan fingerprint density at radius 1 is 1.03 bits per heavy atom. The molecule has 0 aromatic rings. The van der Waals surface area contributed by atoms with Crippen molar-refractivity contribution >= 4 is 13.1 Å². The summed E-state index contributed by atoms with van der Waals surface area (Å²) in [7, 11) is -11.7. The van der Waals surface area contributed by atoms with E-state index in [0.29, 0.717) is 36.5 Å². The zero-order chi connectivity index (χ0) is 30.6. The summed E-state index contributed by atoms with van der Waals surface area (Å²) in [5.74, 6) is 3.26. The van der Waals surface area contributed by atoms with Gasteiger partial charge in [-0.2, -0.15) is 0 Å². The minimum Gasteiger partial charge on any atom is -0.307 e. The van der Waals surface area contributed by atoms with Gasteiger partial charge in [0.05, 0.1) is 13.6 Å². The Morgan fingerprint density at radius 3 is 2.46 bits per heavy atom. The molecule has 0 N–H and O–H groups in total. The number of fused-ring (bicyclic) bond motifs is 5. The van der Waals surface area contributed by atoms with Crippen LogP contribution in [0.15, 0.2) is 12.2 Å². The summed E-state index contributed by atoms with van der Waals surface area (Å²) in [6.45, 7) is 11.6. The fourth-order valence-electron chi connectivity index (χ4n) is 9.63. The van der Waals surface area contributed by atoms with Crippen molar-refractivity contribution in [3.8, 4) is 0 Å². The SMILES string of the molecule is [3H]C([3H])([3H])OP(=O)(OC([3H])([3H])[3H])C(=O)C12C=CCC[C@]1(C)C1CC[C@@]3(C)C(CC[C@@H]3[C@H](C)CCCC(C)C)C1CC2. The number of carbonyl (C=O) groups is 1. The van der Waals surface area contributed by atoms with Crippen molar-refractivity contribution in [1.29, 1.82) is 0 Å². The molecule has 4 nitrogen and oxygen atoms in total. The van der Waals surface area contributed by atoms with Crippen molar-refractivity contribution in [1.82, 2.24) is 0 Å². The molecule has 0 heterocycles. The Labute approximate surface area is 223 Å². The molecule has 0 aliphatic heterocycles. The van der Waals surface area contributed by atoms with Crippen LogP contribution in [-0.2, 0) is 18.4 Å². The highest BCUT2D eigenvalue weighted by molar-refractivity contribution is 7.72. The van der Waals surface area contributed by atoms with E-state index in [4.69, 9.17) is 17.3 Å². The summed E-state index contributed by atoms with van der Waals surface area (Å²) >= 11 is 0. The first-order valence-corrected chi connectivity index (χ1v) is 15.6. The molecule has 0 radical (unpaired) electrons. The fourth-order valence-corrected chi connectivity index (χ4v) is 10.8. The van der Waals surface area contributed by atoms with Crippen molar-refractivity contribution in [2.45, 2.75) is 105 Å². The molecule has 5 heteroatoms. The number of hydrogen-bond acceptors (Lipinski definition) is 4. The Kier molecular flexibility index (Phi) is 5.88. The van der Waals surface area contributed by atoms with Crippen LogP contribution in [0.25, 0.3) is 0 Å². The molecular weight excluding hydrogens is 455 g/mol. The highest BCUT2D eigenvalue weighted by Crippen LogP contribution is 2.73. The third-order valence-corrected chi connectivity index (χ3v) is 12.8. The maximum atomic E-state index is 14.3. The molecule has 4 unspecified atom stereocenters. The van der Waals surface area contributed by atoms with Crippen LogP contribution in [0.1, 0.15) is 113 Å². The molecule has 4 aliphatic rings. The van der Waals surface area contributed by atoms with E-state index in [9.17, 15) is 9.36 Å². The van der Waals surface area contributed by atoms with Crippen molar-refractivity contribution in [3.05, 3.63) is 12.2 Å². The molecule has 0 saturated heterocycles. The van der Waals surface area contributed by atoms with E-state index >= 15 is 0 Å². The molecular formula is C30H51O4P. The van der Waals surface area contributed by atoms with E-state index < -0.39 is 38.0 Å². The van der Waals surface area contributed by atoms with Crippen molar-refractivity contribution < 1.29 is 26.6 Å². The van der Waals surface area contributed by atoms with Crippen LogP contribution in [0.5, 0.6) is 0 Å². The third-order valence-electron chi connectivity index (χ3n) is 11.5. The fraction of sp³-hybridized carbons (Fsp3) is 0.900. The number of hydrogen-bond donors (Lipinski definition) is 0. The monoisotopic (exact) mass is 518 g/mol. The van der Waals surface area contributed by atoms with Crippen LogP contribution in [0.2, 0.25) is 0 Å². The molecule has 8 atom stereocenters. The molecule has 35 heavy (non-hydrogen) atoms. The molecule has 4 aliphatic carbocycles. The van der Waals surface area contributed by atoms with Gasteiger partial charge >= 0.3 is 7.60 Å². The first kappa shape index (κ1) is 20.5. The minimum atomic E-state index is -5.20. The standard InChI is InChI=1S/C30H51O4P/c1-21(2)11-10-12-22(3)24-13-14-25-23-15-20-30(27(31)35(32,33-6)34-7)18-9-8-17-29(30,5)26(23)16-19-28(24,25)4/h9,18,21-26H,8,10-17,19-20H2,1-7H3/t22-,23?,24-,25?,26?,28-,29-,30?/m1/s1/i6T3,7T3. The van der Waals surface area contributed by atoms with Gasteiger partial charge in [-0.1, -0.05) is 66.0 Å². The Bertz CT molecular complexity index is 1040. The molecule has 0 spiro atoms. The van der Waals surface area contributed by atoms with E-state index in [1.54, 1.807) is 6.08 Å². The first-order chi connectivity index (χ1) is 18.8. The maximum Gasteiger partial charge on any atom is 0.397 e. The van der Waals surface area contributed by atoms with Gasteiger partial charge in [0.2, 0.25) is 0 Å². The van der Waals surface area contributed by atoms with Crippen molar-refractivity contribution in [3.63, 3.8) is 0 Å². The van der Waals surface area contributed by atoms with E-state index in [0.717, 1.165) is 31.6 Å². The highest BCUT2D eigenvalue weighted by Gasteiger charge is 2.67. The average molecular weight is 519 g/mol. The van der Waals surface area contributed by atoms with Gasteiger partial charge in [0.1, 0.15) is 0 Å². The second-order valence-corrected chi connectivity index (χ2v) is 15.0. The Morgan fingerprint density at radius 2 is 1.77 bits per heavy atom. The first-order valence-electron chi connectivity index (χ1n) is 17.0. The lowest BCUT2D eigenvalue weighted by molar-refractivity contribution is -0.153. The third kappa shape index (κ3) is 4.26. The highest BCUT2D eigenvalue weighted by atomic mass is 31.2. The van der Waals surface area contributed by atoms with Crippen molar-refractivity contribution in [2.24, 2.45) is 51.8 Å². The van der Waals surface area contributed by atoms with Gasteiger partial charge < -0.3 is 9.05 Å². The lowest BCUT2D eigenvalue weighted by atomic mass is 9.41. The molecule has 0 bridgehead atoms. The van der Waals surface area contributed by atoms with Gasteiger partial charge in [-0.15, -0.1) is 0 Å². The Balaban J connectivity index is 1.64. The summed E-state index contributed by atoms with van der Waals surface area (Å²) in [5, 5.41) is 0. The lowest BCUT2D eigenvalue weighted by Gasteiger charge is -2.63. The largest absolute Gasteiger partial charge is 0.397 e. The van der Waals surface area contributed by atoms with E-state index in [1.165, 1.54) is 32.1 Å². The summed E-state index contributed by atoms with van der Waals surface area (Å²) in [5.41, 5.74) is -2.65. The van der Waals surface area contributed by atoms with Crippen LogP contribution in [0.3, 0.4) is 0 Å². The molecule has 0 aromatic carbocycles. The van der Waals surface area contributed by atoms with Gasteiger partial charge in [0.15, 0.2) is 0 Å². The zero-order valence-corrected chi connectivity index (χ0v) is 23.4. The van der Waals surface area contributed by atoms with Crippen LogP contribution < -0.4 is 0 Å². The smallest absolute Gasteiger partial charge is 0.307 e. The predicted molar refractivity (Wildman–Crippen MR) is 143 cm³/mol. The van der Waals surface area contributed by atoms with E-state index in [1.807, 2.05) is 6.08 Å². The summed E-state index contributed by atoms with van der Waals surface area (Å²) in [4.78, 5) is 14.3. The van der Waals surface area contributed by atoms with Crippen LogP contribution >= 0.6 is 7.60 Å². The average Bonchev–Trinajstić information content (AvgIpc) is 3.18. The second-order valence-electron chi connectivity index (χ2n) is 13.3. The maximum absolute atomic E-state index is 14.3. The lowest BCUT2D eigenvalue weighted by Crippen LogP contribution is -2.59. The predicted octanol–water partition coefficient (Wildman–Crippen LogP) is 8.66. The molecule has 200 valence electrons. The molecule has 0 amide bonds. The van der Waals surface area contributed by atoms with Gasteiger partial charge in [-0.3, -0.25) is 9.36 Å². The van der Waals surface area contributed by atoms with E-state index in [2.05, 4.69) is 34.6 Å². The summed E-state index contributed by atoms with van der Waals surface area (Å²) < 4.78 is 68.8. The molecule has 3 fully saturated rings. The molecule has 0 aromatic heterocycles. The zero-order valence-electron chi connectivity index (χ0n) is 28.5. The summed E-state index contributed by atoms with van der Waals surface area (Å²) in [6.07, 6.45) is 14.5. The van der Waals surface area contributed by atoms with Gasteiger partial charge in [-0.25, -0.2) is 0 Å². The topological polar surface area (TPSA) is 52.6 Å². The molecule has 4 rings (SSSR count). The van der Waals surface area contributed by atoms with Gasteiger partial charge in [-0.05, 0) is 97.7 Å². The van der Waals surface area contributed by atoms with Crippen LogP contribution in [0, 0.1) is 51.8 Å².